The van der Waals surface area contributed by atoms with Gasteiger partial charge in [-0.05, 0) is 43.7 Å². The Kier molecular flexibility index (Phi) is 6.19. The Morgan fingerprint density at radius 2 is 1.74 bits per heavy atom. The lowest BCUT2D eigenvalue weighted by Crippen LogP contribution is -2.33. The van der Waals surface area contributed by atoms with Crippen LogP contribution in [0.1, 0.15) is 25.5 Å². The molecule has 3 rings (SSSR count). The topological polar surface area (TPSA) is 59.8 Å². The summed E-state index contributed by atoms with van der Waals surface area (Å²) in [6, 6.07) is 17.3. The molecule has 0 aliphatic rings. The number of nitrogens with one attached hydrogen (secondary N) is 1. The van der Waals surface area contributed by atoms with Gasteiger partial charge in [-0.25, -0.2) is 0 Å². The summed E-state index contributed by atoms with van der Waals surface area (Å²) < 4.78 is 1.89. The molecule has 0 saturated carbocycles. The summed E-state index contributed by atoms with van der Waals surface area (Å²) in [5.74, 6) is 0.701. The second-order valence-corrected chi connectivity index (χ2v) is 8.02. The molecular formula is C20H21ClN4OS. The number of rotatable bonds is 6. The van der Waals surface area contributed by atoms with Crippen LogP contribution in [0.15, 0.2) is 59.8 Å². The van der Waals surface area contributed by atoms with E-state index in [1.54, 1.807) is 0 Å². The van der Waals surface area contributed by atoms with Crippen LogP contribution in [0.5, 0.6) is 0 Å². The number of nitrogens with zero attached hydrogens (tertiary/aromatic N) is 3. The molecule has 1 N–H and O–H groups in total. The number of carbonyl (C=O) groups excluding carboxylic acids is 1. The van der Waals surface area contributed by atoms with E-state index >= 15 is 0 Å². The van der Waals surface area contributed by atoms with Crippen LogP contribution in [0.4, 0.5) is 0 Å². The van der Waals surface area contributed by atoms with Crippen LogP contribution in [0.3, 0.4) is 0 Å². The molecule has 2 aromatic carbocycles. The van der Waals surface area contributed by atoms with Crippen LogP contribution in [0.2, 0.25) is 5.02 Å². The van der Waals surface area contributed by atoms with Crippen LogP contribution in [0, 0.1) is 0 Å². The molecule has 0 aliphatic carbocycles. The van der Waals surface area contributed by atoms with Gasteiger partial charge in [-0.1, -0.05) is 53.7 Å². The lowest BCUT2D eigenvalue weighted by molar-refractivity contribution is -0.120. The van der Waals surface area contributed by atoms with E-state index in [4.69, 9.17) is 11.6 Å². The van der Waals surface area contributed by atoms with Gasteiger partial charge >= 0.3 is 0 Å². The molecular weight excluding hydrogens is 380 g/mol. The maximum absolute atomic E-state index is 12.6. The van der Waals surface area contributed by atoms with Crippen molar-refractivity contribution in [3.05, 3.63) is 65.2 Å². The van der Waals surface area contributed by atoms with Gasteiger partial charge in [0.2, 0.25) is 5.91 Å². The number of halogens is 1. The van der Waals surface area contributed by atoms with Crippen molar-refractivity contribution in [2.24, 2.45) is 7.05 Å². The van der Waals surface area contributed by atoms with Gasteiger partial charge in [0.05, 0.1) is 11.3 Å². The van der Waals surface area contributed by atoms with Crippen molar-refractivity contribution in [2.75, 3.05) is 0 Å². The number of aromatic nitrogens is 3. The van der Waals surface area contributed by atoms with Crippen molar-refractivity contribution in [1.29, 1.82) is 0 Å². The zero-order valence-corrected chi connectivity index (χ0v) is 17.0. The highest BCUT2D eigenvalue weighted by molar-refractivity contribution is 8.00. The molecule has 2 atom stereocenters. The van der Waals surface area contributed by atoms with E-state index in [0.717, 1.165) is 17.0 Å². The molecule has 27 heavy (non-hydrogen) atoms. The number of amides is 1. The predicted molar refractivity (Wildman–Crippen MR) is 110 cm³/mol. The van der Waals surface area contributed by atoms with E-state index < -0.39 is 0 Å². The molecule has 7 heteroatoms. The number of carbonyl (C=O) groups is 1. The van der Waals surface area contributed by atoms with E-state index in [-0.39, 0.29) is 17.2 Å². The molecule has 5 nitrogen and oxygen atoms in total. The highest BCUT2D eigenvalue weighted by atomic mass is 35.5. The summed E-state index contributed by atoms with van der Waals surface area (Å²) >= 11 is 7.33. The fourth-order valence-corrected chi connectivity index (χ4v) is 3.59. The van der Waals surface area contributed by atoms with Gasteiger partial charge in [0, 0.05) is 17.6 Å². The third-order valence-electron chi connectivity index (χ3n) is 4.25. The van der Waals surface area contributed by atoms with E-state index in [2.05, 4.69) is 15.5 Å². The molecule has 0 spiro atoms. The molecule has 0 bridgehead atoms. The first-order chi connectivity index (χ1) is 13.0. The third-order valence-corrected chi connectivity index (χ3v) is 5.63. The van der Waals surface area contributed by atoms with E-state index in [9.17, 15) is 4.79 Å². The summed E-state index contributed by atoms with van der Waals surface area (Å²) in [6.45, 7) is 3.85. The zero-order chi connectivity index (χ0) is 19.4. The minimum atomic E-state index is -0.294. The van der Waals surface area contributed by atoms with Gasteiger partial charge in [-0.2, -0.15) is 0 Å². The van der Waals surface area contributed by atoms with Crippen molar-refractivity contribution in [3.8, 4) is 11.4 Å². The highest BCUT2D eigenvalue weighted by Gasteiger charge is 2.21. The van der Waals surface area contributed by atoms with Crippen LogP contribution in [-0.2, 0) is 11.8 Å². The normalized spacial score (nSPS) is 13.2. The first-order valence-corrected chi connectivity index (χ1v) is 9.88. The summed E-state index contributed by atoms with van der Waals surface area (Å²) in [5.41, 5.74) is 2.00. The fourth-order valence-electron chi connectivity index (χ4n) is 2.64. The molecule has 0 radical (unpaired) electrons. The molecule has 0 fully saturated rings. The summed E-state index contributed by atoms with van der Waals surface area (Å²) in [7, 11) is 1.89. The average molecular weight is 401 g/mol. The number of hydrogen-bond acceptors (Lipinski definition) is 4. The smallest absolute Gasteiger partial charge is 0.233 e. The van der Waals surface area contributed by atoms with Gasteiger partial charge < -0.3 is 9.88 Å². The summed E-state index contributed by atoms with van der Waals surface area (Å²) in [6.07, 6.45) is 0. The van der Waals surface area contributed by atoms with Crippen molar-refractivity contribution in [2.45, 2.75) is 30.3 Å². The Hall–Kier alpha value is -2.31. The standard InChI is InChI=1S/C20H21ClN4OS/c1-13(15-7-5-4-6-8-15)22-19(26)14(2)27-20-24-23-18(25(20)3)16-9-11-17(21)12-10-16/h4-14H,1-3H3,(H,22,26). The Bertz CT molecular complexity index is 911. The van der Waals surface area contributed by atoms with Gasteiger partial charge in [0.1, 0.15) is 0 Å². The van der Waals surface area contributed by atoms with Gasteiger partial charge in [-0.3, -0.25) is 4.79 Å². The van der Waals surface area contributed by atoms with E-state index in [1.807, 2.05) is 80.1 Å². The molecule has 0 aliphatic heterocycles. The van der Waals surface area contributed by atoms with Gasteiger partial charge in [0.25, 0.3) is 0 Å². The molecule has 1 aromatic heterocycles. The second-order valence-electron chi connectivity index (χ2n) is 6.27. The van der Waals surface area contributed by atoms with Gasteiger partial charge in [-0.15, -0.1) is 10.2 Å². The number of hydrogen-bond donors (Lipinski definition) is 1. The lowest BCUT2D eigenvalue weighted by Gasteiger charge is -2.17. The number of thioether (sulfide) groups is 1. The molecule has 140 valence electrons. The Balaban J connectivity index is 1.66. The van der Waals surface area contributed by atoms with E-state index in [0.29, 0.717) is 10.2 Å². The fraction of sp³-hybridized carbons (Fsp3) is 0.250. The van der Waals surface area contributed by atoms with Crippen LogP contribution in [-0.4, -0.2) is 25.9 Å². The second kappa shape index (κ2) is 8.59. The van der Waals surface area contributed by atoms with Crippen LogP contribution >= 0.6 is 23.4 Å². The number of benzene rings is 2. The summed E-state index contributed by atoms with van der Waals surface area (Å²) in [4.78, 5) is 12.6. The third kappa shape index (κ3) is 4.70. The average Bonchev–Trinajstić information content (AvgIpc) is 3.03. The largest absolute Gasteiger partial charge is 0.349 e. The molecule has 3 aromatic rings. The van der Waals surface area contributed by atoms with E-state index in [1.165, 1.54) is 11.8 Å². The van der Waals surface area contributed by atoms with Crippen LogP contribution in [0.25, 0.3) is 11.4 Å². The molecule has 2 unspecified atom stereocenters. The predicted octanol–water partition coefficient (Wildman–Crippen LogP) is 4.49. The maximum Gasteiger partial charge on any atom is 0.233 e. The van der Waals surface area contributed by atoms with Crippen molar-refractivity contribution in [3.63, 3.8) is 0 Å². The van der Waals surface area contributed by atoms with Gasteiger partial charge in [0.15, 0.2) is 11.0 Å². The maximum atomic E-state index is 12.6. The SMILES string of the molecule is CC(Sc1nnc(-c2ccc(Cl)cc2)n1C)C(=O)NC(C)c1ccccc1. The molecule has 0 saturated heterocycles. The monoisotopic (exact) mass is 400 g/mol. The zero-order valence-electron chi connectivity index (χ0n) is 15.4. The Labute approximate surface area is 168 Å². The Morgan fingerprint density at radius 3 is 2.41 bits per heavy atom. The lowest BCUT2D eigenvalue weighted by atomic mass is 10.1. The van der Waals surface area contributed by atoms with Crippen molar-refractivity contribution < 1.29 is 4.79 Å². The van der Waals surface area contributed by atoms with Crippen LogP contribution < -0.4 is 5.32 Å². The minimum absolute atomic E-state index is 0.0348. The Morgan fingerprint density at radius 1 is 1.07 bits per heavy atom. The first kappa shape index (κ1) is 19.5. The molecule has 1 heterocycles. The summed E-state index contributed by atoms with van der Waals surface area (Å²) in [5, 5.41) is 12.6. The minimum Gasteiger partial charge on any atom is -0.349 e. The quantitative estimate of drug-likeness (QED) is 0.619. The highest BCUT2D eigenvalue weighted by Crippen LogP contribution is 2.26. The van der Waals surface area contributed by atoms with Crippen molar-refractivity contribution in [1.82, 2.24) is 20.1 Å². The van der Waals surface area contributed by atoms with Crippen molar-refractivity contribution >= 4 is 29.3 Å². The molecule has 1 amide bonds. The first-order valence-electron chi connectivity index (χ1n) is 8.63.